The van der Waals surface area contributed by atoms with Crippen LogP contribution in [0, 0.1) is 6.92 Å². The van der Waals surface area contributed by atoms with E-state index in [-0.39, 0.29) is 10.9 Å². The number of hydrogen-bond acceptors (Lipinski definition) is 3. The lowest BCUT2D eigenvalue weighted by atomic mass is 9.85. The van der Waals surface area contributed by atoms with Crippen LogP contribution >= 0.6 is 0 Å². The molecule has 0 spiro atoms. The van der Waals surface area contributed by atoms with E-state index in [4.69, 9.17) is 4.74 Å². The summed E-state index contributed by atoms with van der Waals surface area (Å²) in [5, 5.41) is 0. The summed E-state index contributed by atoms with van der Waals surface area (Å²) in [5.41, 5.74) is 2.11. The average molecular weight is 357 g/mol. The van der Waals surface area contributed by atoms with E-state index >= 15 is 0 Å². The first kappa shape index (κ1) is 17.7. The third-order valence-corrected chi connectivity index (χ3v) is 6.24. The van der Waals surface area contributed by atoms with Gasteiger partial charge < -0.3 is 4.74 Å². The molecular weight excluding hydrogens is 334 g/mol. The van der Waals surface area contributed by atoms with Crippen molar-refractivity contribution in [3.8, 4) is 5.75 Å². The first-order valence-corrected chi connectivity index (χ1v) is 9.72. The molecule has 1 aliphatic rings. The van der Waals surface area contributed by atoms with Gasteiger partial charge in [0.15, 0.2) is 0 Å². The maximum absolute atomic E-state index is 12.8. The molecule has 25 heavy (non-hydrogen) atoms. The summed E-state index contributed by atoms with van der Waals surface area (Å²) in [4.78, 5) is 0.263. The number of hydrogen-bond donors (Lipinski definition) is 1. The lowest BCUT2D eigenvalue weighted by Crippen LogP contribution is -2.43. The van der Waals surface area contributed by atoms with E-state index in [1.165, 1.54) is 0 Å². The smallest absolute Gasteiger partial charge is 0.241 e. The monoisotopic (exact) mass is 357 g/mol. The molecule has 5 heteroatoms. The number of aryl methyl sites for hydroxylation is 1. The molecule has 4 nitrogen and oxygen atoms in total. The Morgan fingerprint density at radius 1 is 1.20 bits per heavy atom. The molecule has 0 unspecified atom stereocenters. The van der Waals surface area contributed by atoms with E-state index in [0.29, 0.717) is 12.2 Å². The predicted molar refractivity (Wildman–Crippen MR) is 99.1 cm³/mol. The Morgan fingerprint density at radius 2 is 1.84 bits per heavy atom. The van der Waals surface area contributed by atoms with Crippen LogP contribution in [-0.4, -0.2) is 14.0 Å². The lowest BCUT2D eigenvalue weighted by molar-refractivity contribution is 0.0872. The minimum absolute atomic E-state index is 0.263. The Balaban J connectivity index is 1.98. The van der Waals surface area contributed by atoms with Gasteiger partial charge in [0.05, 0.1) is 10.9 Å². The molecule has 0 aromatic heterocycles. The Kier molecular flexibility index (Phi) is 4.47. The highest BCUT2D eigenvalue weighted by Crippen LogP contribution is 2.42. The summed E-state index contributed by atoms with van der Waals surface area (Å²) in [7, 11) is -3.63. The van der Waals surface area contributed by atoms with Crippen molar-refractivity contribution >= 4 is 10.0 Å². The molecule has 0 saturated carbocycles. The Labute approximate surface area is 149 Å². The fourth-order valence-corrected chi connectivity index (χ4v) is 4.20. The molecule has 0 radical (unpaired) electrons. The maximum Gasteiger partial charge on any atom is 0.241 e. The fraction of sp³-hybridized carbons (Fsp3) is 0.300. The molecule has 1 N–H and O–H groups in total. The van der Waals surface area contributed by atoms with Crippen molar-refractivity contribution in [3.63, 3.8) is 0 Å². The van der Waals surface area contributed by atoms with E-state index < -0.39 is 15.6 Å². The van der Waals surface area contributed by atoms with Gasteiger partial charge in [-0.1, -0.05) is 42.5 Å². The first-order chi connectivity index (χ1) is 11.7. The van der Waals surface area contributed by atoms with Crippen molar-refractivity contribution in [2.24, 2.45) is 0 Å². The summed E-state index contributed by atoms with van der Waals surface area (Å²) in [5.74, 6) is 0.691. The second kappa shape index (κ2) is 6.32. The van der Waals surface area contributed by atoms with Gasteiger partial charge in [-0.3, -0.25) is 0 Å². The summed E-state index contributed by atoms with van der Waals surface area (Å²) in [6.45, 7) is 9.79. The maximum atomic E-state index is 12.8. The Morgan fingerprint density at radius 3 is 2.48 bits per heavy atom. The molecule has 2 aromatic carbocycles. The molecule has 132 valence electrons. The minimum Gasteiger partial charge on any atom is -0.483 e. The number of ether oxygens (including phenoxy) is 1. The molecule has 0 amide bonds. The van der Waals surface area contributed by atoms with Crippen molar-refractivity contribution in [2.75, 3.05) is 0 Å². The fourth-order valence-electron chi connectivity index (χ4n) is 2.98. The Hall–Kier alpha value is -2.11. The third-order valence-electron chi connectivity index (χ3n) is 4.75. The van der Waals surface area contributed by atoms with Gasteiger partial charge in [0.25, 0.3) is 0 Å². The van der Waals surface area contributed by atoms with Gasteiger partial charge in [-0.25, -0.2) is 13.1 Å². The zero-order valence-corrected chi connectivity index (χ0v) is 15.6. The Bertz CT molecular complexity index is 903. The van der Waals surface area contributed by atoms with Crippen molar-refractivity contribution < 1.29 is 13.2 Å². The van der Waals surface area contributed by atoms with E-state index in [9.17, 15) is 8.42 Å². The third kappa shape index (κ3) is 3.48. The topological polar surface area (TPSA) is 55.4 Å². The van der Waals surface area contributed by atoms with Crippen LogP contribution in [0.3, 0.4) is 0 Å². The average Bonchev–Trinajstić information content (AvgIpc) is 2.54. The van der Waals surface area contributed by atoms with Crippen LogP contribution in [0.4, 0.5) is 0 Å². The van der Waals surface area contributed by atoms with Gasteiger partial charge >= 0.3 is 0 Å². The van der Waals surface area contributed by atoms with E-state index in [0.717, 1.165) is 16.7 Å². The molecule has 0 saturated heterocycles. The first-order valence-electron chi connectivity index (χ1n) is 8.24. The number of rotatable bonds is 4. The molecular formula is C20H23NO3S. The quantitative estimate of drug-likeness (QED) is 0.837. The van der Waals surface area contributed by atoms with E-state index in [1.807, 2.05) is 45.0 Å². The number of nitrogens with one attached hydrogen (secondary N) is 1. The molecule has 0 fully saturated rings. The van der Waals surface area contributed by atoms with Crippen LogP contribution in [0.5, 0.6) is 5.75 Å². The van der Waals surface area contributed by atoms with Crippen LogP contribution in [0.15, 0.2) is 65.6 Å². The SMILES string of the molecule is C=C(C)[C@@]1(C)C[C@H](NS(=O)(=O)c2ccc(C)cc2)c2ccccc2O1. The highest BCUT2D eigenvalue weighted by molar-refractivity contribution is 7.89. The number of benzene rings is 2. The summed E-state index contributed by atoms with van der Waals surface area (Å²) >= 11 is 0. The van der Waals surface area contributed by atoms with Crippen LogP contribution in [0.1, 0.15) is 37.4 Å². The molecule has 3 rings (SSSR count). The van der Waals surface area contributed by atoms with E-state index in [1.54, 1.807) is 24.3 Å². The zero-order chi connectivity index (χ0) is 18.2. The van der Waals surface area contributed by atoms with Crippen molar-refractivity contribution in [1.82, 2.24) is 4.72 Å². The van der Waals surface area contributed by atoms with Crippen molar-refractivity contribution in [2.45, 2.75) is 43.7 Å². The molecule has 0 bridgehead atoms. The van der Waals surface area contributed by atoms with Crippen LogP contribution in [-0.2, 0) is 10.0 Å². The van der Waals surface area contributed by atoms with Gasteiger partial charge in [-0.15, -0.1) is 0 Å². The van der Waals surface area contributed by atoms with Crippen LogP contribution in [0.2, 0.25) is 0 Å². The summed E-state index contributed by atoms with van der Waals surface area (Å²) in [6.07, 6.45) is 0.491. The predicted octanol–water partition coefficient (Wildman–Crippen LogP) is 4.13. The highest BCUT2D eigenvalue weighted by atomic mass is 32.2. The minimum atomic E-state index is -3.63. The largest absolute Gasteiger partial charge is 0.483 e. The number of sulfonamides is 1. The number of para-hydroxylation sites is 1. The van der Waals surface area contributed by atoms with Gasteiger partial charge in [-0.2, -0.15) is 0 Å². The molecule has 1 aliphatic heterocycles. The molecule has 2 atom stereocenters. The normalized spacial score (nSPS) is 22.8. The van der Waals surface area contributed by atoms with Crippen LogP contribution in [0.25, 0.3) is 0 Å². The highest BCUT2D eigenvalue weighted by Gasteiger charge is 2.39. The standard InChI is InChI=1S/C20H23NO3S/c1-14(2)20(4)13-18(17-7-5-6-8-19(17)24-20)21-25(22,23)16-11-9-15(3)10-12-16/h5-12,18,21H,1,13H2,2-4H3/t18-,20+/m0/s1. The molecule has 0 aliphatic carbocycles. The second-order valence-electron chi connectivity index (χ2n) is 6.84. The zero-order valence-electron chi connectivity index (χ0n) is 14.7. The second-order valence-corrected chi connectivity index (χ2v) is 8.56. The molecule has 1 heterocycles. The van der Waals surface area contributed by atoms with Crippen molar-refractivity contribution in [1.29, 1.82) is 0 Å². The summed E-state index contributed by atoms with van der Waals surface area (Å²) in [6, 6.07) is 14.0. The van der Waals surface area contributed by atoms with Gasteiger partial charge in [0.2, 0.25) is 10.0 Å². The number of fused-ring (bicyclic) bond motifs is 1. The van der Waals surface area contributed by atoms with Crippen molar-refractivity contribution in [3.05, 3.63) is 71.8 Å². The summed E-state index contributed by atoms with van der Waals surface area (Å²) < 4.78 is 34.6. The molecule has 2 aromatic rings. The van der Waals surface area contributed by atoms with Gasteiger partial charge in [-0.05, 0) is 44.5 Å². The van der Waals surface area contributed by atoms with E-state index in [2.05, 4.69) is 11.3 Å². The lowest BCUT2D eigenvalue weighted by Gasteiger charge is -2.40. The van der Waals surface area contributed by atoms with Gasteiger partial charge in [0, 0.05) is 12.0 Å². The van der Waals surface area contributed by atoms with Gasteiger partial charge in [0.1, 0.15) is 11.4 Å². The van der Waals surface area contributed by atoms with Crippen LogP contribution < -0.4 is 9.46 Å².